The minimum absolute atomic E-state index is 0.382. The second kappa shape index (κ2) is 6.37. The zero-order valence-corrected chi connectivity index (χ0v) is 13.2. The van der Waals surface area contributed by atoms with E-state index in [1.54, 1.807) is 10.7 Å². The van der Waals surface area contributed by atoms with Gasteiger partial charge < -0.3 is 4.74 Å². The Balaban J connectivity index is 2.21. The third-order valence-corrected chi connectivity index (χ3v) is 3.53. The van der Waals surface area contributed by atoms with Gasteiger partial charge in [0.05, 0.1) is 18.0 Å². The third-order valence-electron chi connectivity index (χ3n) is 3.53. The lowest BCUT2D eigenvalue weighted by atomic mass is 10.1. The number of hydrogen-bond donors (Lipinski definition) is 0. The van der Waals surface area contributed by atoms with Crippen LogP contribution in [0.1, 0.15) is 18.2 Å². The Bertz CT molecular complexity index is 874. The standard InChI is InChI=1S/C19H17N3O/c1-3-23-19-10-5-4-9-17(19)18-12-15(13-20)21-22(18)16-8-6-7-14(2)11-16/h4-12H,3H2,1-2H3. The van der Waals surface area contributed by atoms with Crippen LogP contribution in [-0.4, -0.2) is 16.4 Å². The van der Waals surface area contributed by atoms with Crippen molar-refractivity contribution in [2.24, 2.45) is 0 Å². The largest absolute Gasteiger partial charge is 0.493 e. The summed E-state index contributed by atoms with van der Waals surface area (Å²) in [6.45, 7) is 4.57. The van der Waals surface area contributed by atoms with E-state index in [9.17, 15) is 5.26 Å². The van der Waals surface area contributed by atoms with Gasteiger partial charge in [-0.15, -0.1) is 0 Å². The molecule has 3 aromatic rings. The number of aromatic nitrogens is 2. The lowest BCUT2D eigenvalue weighted by Gasteiger charge is -2.12. The van der Waals surface area contributed by atoms with Gasteiger partial charge in [-0.1, -0.05) is 24.3 Å². The fourth-order valence-corrected chi connectivity index (χ4v) is 2.54. The molecule has 1 aromatic heterocycles. The van der Waals surface area contributed by atoms with Gasteiger partial charge in [-0.3, -0.25) is 0 Å². The fourth-order valence-electron chi connectivity index (χ4n) is 2.54. The van der Waals surface area contributed by atoms with Crippen LogP contribution in [0.15, 0.2) is 54.6 Å². The van der Waals surface area contributed by atoms with Gasteiger partial charge in [-0.2, -0.15) is 10.4 Å². The highest BCUT2D eigenvalue weighted by molar-refractivity contribution is 5.70. The Labute approximate surface area is 135 Å². The molecule has 114 valence electrons. The average molecular weight is 303 g/mol. The molecule has 0 spiro atoms. The molecule has 0 saturated carbocycles. The molecule has 1 heterocycles. The van der Waals surface area contributed by atoms with Crippen LogP contribution in [0.3, 0.4) is 0 Å². The van der Waals surface area contributed by atoms with Gasteiger partial charge in [-0.25, -0.2) is 4.68 Å². The second-order valence-corrected chi connectivity index (χ2v) is 5.21. The Morgan fingerprint density at radius 1 is 1.13 bits per heavy atom. The minimum Gasteiger partial charge on any atom is -0.493 e. The number of ether oxygens (including phenoxy) is 1. The predicted molar refractivity (Wildman–Crippen MR) is 89.6 cm³/mol. The first-order chi connectivity index (χ1) is 11.2. The summed E-state index contributed by atoms with van der Waals surface area (Å²) in [5.74, 6) is 0.785. The maximum Gasteiger partial charge on any atom is 0.163 e. The van der Waals surface area contributed by atoms with Gasteiger partial charge in [-0.05, 0) is 43.7 Å². The molecule has 4 nitrogen and oxygen atoms in total. The van der Waals surface area contributed by atoms with Crippen molar-refractivity contribution in [2.45, 2.75) is 13.8 Å². The van der Waals surface area contributed by atoms with E-state index in [2.05, 4.69) is 11.2 Å². The van der Waals surface area contributed by atoms with E-state index >= 15 is 0 Å². The van der Waals surface area contributed by atoms with Gasteiger partial charge in [0.25, 0.3) is 0 Å². The summed E-state index contributed by atoms with van der Waals surface area (Å²) in [5.41, 5.74) is 4.21. The van der Waals surface area contributed by atoms with E-state index in [0.717, 1.165) is 28.3 Å². The summed E-state index contributed by atoms with van der Waals surface area (Å²) in [7, 11) is 0. The van der Waals surface area contributed by atoms with E-state index in [-0.39, 0.29) is 0 Å². The minimum atomic E-state index is 0.382. The van der Waals surface area contributed by atoms with Crippen LogP contribution in [0.25, 0.3) is 16.9 Å². The molecule has 0 aliphatic carbocycles. The van der Waals surface area contributed by atoms with Crippen molar-refractivity contribution in [1.82, 2.24) is 9.78 Å². The lowest BCUT2D eigenvalue weighted by Crippen LogP contribution is -2.01. The van der Waals surface area contributed by atoms with E-state index in [4.69, 9.17) is 4.74 Å². The molecule has 4 heteroatoms. The molecule has 3 rings (SSSR count). The summed E-state index contributed by atoms with van der Waals surface area (Å²) in [5, 5.41) is 13.7. The maximum atomic E-state index is 9.24. The molecular weight excluding hydrogens is 286 g/mol. The molecule has 0 amide bonds. The maximum absolute atomic E-state index is 9.24. The number of nitrogens with zero attached hydrogens (tertiary/aromatic N) is 3. The third kappa shape index (κ3) is 2.95. The number of aryl methyl sites for hydroxylation is 1. The van der Waals surface area contributed by atoms with Gasteiger partial charge >= 0.3 is 0 Å². The Morgan fingerprint density at radius 2 is 1.96 bits per heavy atom. The zero-order chi connectivity index (χ0) is 16.2. The van der Waals surface area contributed by atoms with Gasteiger partial charge in [0, 0.05) is 11.6 Å². The molecule has 0 N–H and O–H groups in total. The zero-order valence-electron chi connectivity index (χ0n) is 13.2. The Hall–Kier alpha value is -3.06. The van der Waals surface area contributed by atoms with Crippen LogP contribution in [0.4, 0.5) is 0 Å². The number of nitriles is 1. The highest BCUT2D eigenvalue weighted by Gasteiger charge is 2.15. The van der Waals surface area contributed by atoms with Crippen LogP contribution >= 0.6 is 0 Å². The molecular formula is C19H17N3O. The quantitative estimate of drug-likeness (QED) is 0.728. The number of hydrogen-bond acceptors (Lipinski definition) is 3. The van der Waals surface area contributed by atoms with Crippen molar-refractivity contribution in [3.63, 3.8) is 0 Å². The van der Waals surface area contributed by atoms with Crippen LogP contribution in [0.2, 0.25) is 0 Å². The van der Waals surface area contributed by atoms with Crippen molar-refractivity contribution in [2.75, 3.05) is 6.61 Å². The Kier molecular flexibility index (Phi) is 4.11. The number of rotatable bonds is 4. The number of para-hydroxylation sites is 1. The molecule has 0 aliphatic heterocycles. The molecule has 2 aromatic carbocycles. The summed E-state index contributed by atoms with van der Waals surface area (Å²) in [6.07, 6.45) is 0. The Morgan fingerprint density at radius 3 is 2.70 bits per heavy atom. The SMILES string of the molecule is CCOc1ccccc1-c1cc(C#N)nn1-c1cccc(C)c1. The molecule has 0 unspecified atom stereocenters. The van der Waals surface area contributed by atoms with Crippen molar-refractivity contribution >= 4 is 0 Å². The molecule has 0 fully saturated rings. The predicted octanol–water partition coefficient (Wildman–Crippen LogP) is 4.12. The second-order valence-electron chi connectivity index (χ2n) is 5.21. The lowest BCUT2D eigenvalue weighted by molar-refractivity contribution is 0.341. The monoisotopic (exact) mass is 303 g/mol. The molecule has 0 aliphatic rings. The summed E-state index contributed by atoms with van der Waals surface area (Å²) in [6, 6.07) is 19.8. The van der Waals surface area contributed by atoms with Crippen molar-refractivity contribution in [3.8, 4) is 28.8 Å². The van der Waals surface area contributed by atoms with Crippen molar-refractivity contribution < 1.29 is 4.74 Å². The van der Waals surface area contributed by atoms with Crippen molar-refractivity contribution in [3.05, 3.63) is 65.9 Å². The first-order valence-corrected chi connectivity index (χ1v) is 7.52. The van der Waals surface area contributed by atoms with Gasteiger partial charge in [0.1, 0.15) is 11.8 Å². The first kappa shape index (κ1) is 14.9. The molecule has 0 atom stereocenters. The van der Waals surface area contributed by atoms with Crippen LogP contribution in [-0.2, 0) is 0 Å². The summed E-state index contributed by atoms with van der Waals surface area (Å²) in [4.78, 5) is 0. The normalized spacial score (nSPS) is 10.3. The highest BCUT2D eigenvalue weighted by atomic mass is 16.5. The molecule has 23 heavy (non-hydrogen) atoms. The summed E-state index contributed by atoms with van der Waals surface area (Å²) < 4.78 is 7.52. The van der Waals surface area contributed by atoms with Crippen LogP contribution in [0.5, 0.6) is 5.75 Å². The van der Waals surface area contributed by atoms with E-state index in [1.807, 2.05) is 62.4 Å². The fraction of sp³-hybridized carbons (Fsp3) is 0.158. The molecule has 0 bridgehead atoms. The molecule has 0 saturated heterocycles. The van der Waals surface area contributed by atoms with E-state index < -0.39 is 0 Å². The highest BCUT2D eigenvalue weighted by Crippen LogP contribution is 2.32. The summed E-state index contributed by atoms with van der Waals surface area (Å²) >= 11 is 0. The van der Waals surface area contributed by atoms with Gasteiger partial charge in [0.15, 0.2) is 5.69 Å². The van der Waals surface area contributed by atoms with E-state index in [1.165, 1.54) is 0 Å². The average Bonchev–Trinajstić information content (AvgIpc) is 3.00. The van der Waals surface area contributed by atoms with Crippen LogP contribution in [0, 0.1) is 18.3 Å². The smallest absolute Gasteiger partial charge is 0.163 e. The molecule has 0 radical (unpaired) electrons. The van der Waals surface area contributed by atoms with Crippen LogP contribution < -0.4 is 4.74 Å². The van der Waals surface area contributed by atoms with Crippen molar-refractivity contribution in [1.29, 1.82) is 5.26 Å². The van der Waals surface area contributed by atoms with Gasteiger partial charge in [0.2, 0.25) is 0 Å². The number of benzene rings is 2. The van der Waals surface area contributed by atoms with E-state index in [0.29, 0.717) is 12.3 Å². The first-order valence-electron chi connectivity index (χ1n) is 7.52. The topological polar surface area (TPSA) is 50.8 Å².